The van der Waals surface area contributed by atoms with Gasteiger partial charge in [-0.05, 0) is 6.92 Å². The highest BCUT2D eigenvalue weighted by atomic mass is 32.2. The number of thioether (sulfide) groups is 1. The van der Waals surface area contributed by atoms with Gasteiger partial charge in [-0.1, -0.05) is 11.8 Å². The largest absolute Gasteiger partial charge is 0.370 e. The Bertz CT molecular complexity index is 555. The number of amides is 1. The smallest absolute Gasteiger partial charge is 0.218 e. The van der Waals surface area contributed by atoms with Crippen molar-refractivity contribution in [3.05, 3.63) is 5.82 Å². The van der Waals surface area contributed by atoms with Gasteiger partial charge in [-0.15, -0.1) is 10.2 Å². The monoisotopic (exact) mass is 321 g/mol. The third kappa shape index (κ3) is 5.47. The molecule has 4 N–H and O–H groups in total. The van der Waals surface area contributed by atoms with Gasteiger partial charge in [-0.25, -0.2) is 8.42 Å². The maximum Gasteiger partial charge on any atom is 0.218 e. The van der Waals surface area contributed by atoms with Gasteiger partial charge in [0.1, 0.15) is 5.82 Å². The molecule has 10 heteroatoms. The molecule has 0 atom stereocenters. The van der Waals surface area contributed by atoms with Crippen LogP contribution in [0.4, 0.5) is 0 Å². The molecule has 0 radical (unpaired) electrons. The lowest BCUT2D eigenvalue weighted by Crippen LogP contribution is -2.20. The average Bonchev–Trinajstić information content (AvgIpc) is 2.70. The fraction of sp³-hybridized carbons (Fsp3) is 0.700. The van der Waals surface area contributed by atoms with Crippen LogP contribution in [0.2, 0.25) is 0 Å². The van der Waals surface area contributed by atoms with Crippen LogP contribution in [-0.2, 0) is 21.2 Å². The molecule has 114 valence electrons. The predicted octanol–water partition coefficient (Wildman–Crippen LogP) is -1.07. The first-order valence-corrected chi connectivity index (χ1v) is 8.88. The molecule has 1 aromatic heterocycles. The van der Waals surface area contributed by atoms with Crippen LogP contribution >= 0.6 is 11.8 Å². The van der Waals surface area contributed by atoms with E-state index in [2.05, 4.69) is 10.2 Å². The number of carbonyl (C=O) groups excluding carboxylic acids is 1. The maximum atomic E-state index is 11.7. The van der Waals surface area contributed by atoms with Crippen molar-refractivity contribution >= 4 is 27.5 Å². The molecular formula is C10H19N5O3S2. The highest BCUT2D eigenvalue weighted by Gasteiger charge is 2.14. The van der Waals surface area contributed by atoms with Gasteiger partial charge in [0.15, 0.2) is 15.0 Å². The van der Waals surface area contributed by atoms with E-state index in [-0.39, 0.29) is 17.9 Å². The van der Waals surface area contributed by atoms with E-state index in [1.807, 2.05) is 11.5 Å². The second kappa shape index (κ2) is 7.60. The van der Waals surface area contributed by atoms with Crippen LogP contribution in [0.5, 0.6) is 0 Å². The number of nitrogens with zero attached hydrogens (tertiary/aromatic N) is 3. The highest BCUT2D eigenvalue weighted by molar-refractivity contribution is 8.00. The molecule has 0 spiro atoms. The first kappa shape index (κ1) is 16.9. The standard InChI is InChI=1S/C10H19N5O3S2/c1-8-13-14-10(15(8)4-3-11)19-5-7-20(17,18)6-2-9(12)16/h2-7,11H2,1H3,(H2,12,16). The van der Waals surface area contributed by atoms with Crippen molar-refractivity contribution in [2.24, 2.45) is 11.5 Å². The van der Waals surface area contributed by atoms with Crippen LogP contribution in [0.3, 0.4) is 0 Å². The zero-order chi connectivity index (χ0) is 15.2. The summed E-state index contributed by atoms with van der Waals surface area (Å²) in [6.07, 6.45) is -0.143. The Hall–Kier alpha value is -1.13. The van der Waals surface area contributed by atoms with Gasteiger partial charge < -0.3 is 16.0 Å². The molecule has 1 aromatic rings. The number of nitrogens with two attached hydrogens (primary N) is 2. The molecule has 0 unspecified atom stereocenters. The summed E-state index contributed by atoms with van der Waals surface area (Å²) in [5.41, 5.74) is 10.4. The summed E-state index contributed by atoms with van der Waals surface area (Å²) in [5, 5.41) is 8.57. The number of carbonyl (C=O) groups is 1. The molecule has 0 saturated carbocycles. The van der Waals surface area contributed by atoms with E-state index in [0.29, 0.717) is 24.0 Å². The summed E-state index contributed by atoms with van der Waals surface area (Å²) in [5.74, 6) is 0.245. The zero-order valence-electron chi connectivity index (χ0n) is 11.3. The third-order valence-corrected chi connectivity index (χ3v) is 5.42. The van der Waals surface area contributed by atoms with Gasteiger partial charge in [0.05, 0.1) is 11.5 Å². The predicted molar refractivity (Wildman–Crippen MR) is 77.0 cm³/mol. The van der Waals surface area contributed by atoms with Crippen LogP contribution in [0.1, 0.15) is 12.2 Å². The van der Waals surface area contributed by atoms with E-state index >= 15 is 0 Å². The second-order valence-corrected chi connectivity index (χ2v) is 7.55. The van der Waals surface area contributed by atoms with E-state index in [4.69, 9.17) is 11.5 Å². The fourth-order valence-electron chi connectivity index (χ4n) is 1.47. The maximum absolute atomic E-state index is 11.7. The molecule has 0 aliphatic carbocycles. The topological polar surface area (TPSA) is 134 Å². The minimum atomic E-state index is -3.27. The number of sulfone groups is 1. The SMILES string of the molecule is Cc1nnc(SCCS(=O)(=O)CCC(N)=O)n1CCN. The van der Waals surface area contributed by atoms with Gasteiger partial charge in [-0.2, -0.15) is 0 Å². The van der Waals surface area contributed by atoms with Crippen molar-refractivity contribution in [3.63, 3.8) is 0 Å². The molecule has 8 nitrogen and oxygen atoms in total. The molecule has 0 aliphatic heterocycles. The highest BCUT2D eigenvalue weighted by Crippen LogP contribution is 2.17. The van der Waals surface area contributed by atoms with Crippen molar-refractivity contribution in [2.75, 3.05) is 23.8 Å². The third-order valence-electron chi connectivity index (χ3n) is 2.54. The first-order valence-electron chi connectivity index (χ1n) is 6.07. The Labute approximate surface area is 122 Å². The Kier molecular flexibility index (Phi) is 6.43. The molecule has 1 rings (SSSR count). The fourth-order valence-corrected chi connectivity index (χ4v) is 4.20. The number of aryl methyl sites for hydroxylation is 1. The van der Waals surface area contributed by atoms with Crippen molar-refractivity contribution < 1.29 is 13.2 Å². The van der Waals surface area contributed by atoms with Gasteiger partial charge in [0.2, 0.25) is 5.91 Å². The minimum absolute atomic E-state index is 0.0283. The lowest BCUT2D eigenvalue weighted by molar-refractivity contribution is -0.117. The molecule has 1 heterocycles. The van der Waals surface area contributed by atoms with Crippen LogP contribution in [0.25, 0.3) is 0 Å². The second-order valence-electron chi connectivity index (χ2n) is 4.19. The summed E-state index contributed by atoms with van der Waals surface area (Å²) in [6.45, 7) is 2.87. The summed E-state index contributed by atoms with van der Waals surface area (Å²) in [7, 11) is -3.27. The van der Waals surface area contributed by atoms with Gasteiger partial charge >= 0.3 is 0 Å². The molecule has 0 aliphatic rings. The minimum Gasteiger partial charge on any atom is -0.370 e. The Morgan fingerprint density at radius 2 is 2.05 bits per heavy atom. The lowest BCUT2D eigenvalue weighted by Gasteiger charge is -2.06. The van der Waals surface area contributed by atoms with Crippen molar-refractivity contribution in [3.8, 4) is 0 Å². The van der Waals surface area contributed by atoms with Crippen molar-refractivity contribution in [1.29, 1.82) is 0 Å². The van der Waals surface area contributed by atoms with Crippen LogP contribution in [0.15, 0.2) is 5.16 Å². The van der Waals surface area contributed by atoms with Crippen LogP contribution < -0.4 is 11.5 Å². The molecule has 20 heavy (non-hydrogen) atoms. The summed E-state index contributed by atoms with van der Waals surface area (Å²) >= 11 is 1.31. The zero-order valence-corrected chi connectivity index (χ0v) is 12.9. The quantitative estimate of drug-likeness (QED) is 0.553. The molecule has 0 aromatic carbocycles. The summed E-state index contributed by atoms with van der Waals surface area (Å²) < 4.78 is 25.2. The molecular weight excluding hydrogens is 302 g/mol. The number of rotatable bonds is 9. The van der Waals surface area contributed by atoms with Crippen molar-refractivity contribution in [1.82, 2.24) is 14.8 Å². The normalized spacial score (nSPS) is 11.7. The van der Waals surface area contributed by atoms with Gasteiger partial charge in [0, 0.05) is 25.3 Å². The van der Waals surface area contributed by atoms with E-state index in [1.165, 1.54) is 11.8 Å². The Balaban J connectivity index is 2.50. The summed E-state index contributed by atoms with van der Waals surface area (Å²) in [4.78, 5) is 10.6. The first-order chi connectivity index (χ1) is 9.35. The number of primary amides is 1. The van der Waals surface area contributed by atoms with Gasteiger partial charge in [0.25, 0.3) is 0 Å². The van der Waals surface area contributed by atoms with Crippen molar-refractivity contribution in [2.45, 2.75) is 25.0 Å². The molecule has 0 fully saturated rings. The Morgan fingerprint density at radius 1 is 1.35 bits per heavy atom. The Morgan fingerprint density at radius 3 is 2.65 bits per heavy atom. The number of hydrogen-bond donors (Lipinski definition) is 2. The molecule has 0 saturated heterocycles. The van der Waals surface area contributed by atoms with E-state index in [0.717, 1.165) is 5.82 Å². The summed E-state index contributed by atoms with van der Waals surface area (Å²) in [6, 6.07) is 0. The van der Waals surface area contributed by atoms with E-state index in [9.17, 15) is 13.2 Å². The lowest BCUT2D eigenvalue weighted by atomic mass is 10.5. The number of aromatic nitrogens is 3. The van der Waals surface area contributed by atoms with Gasteiger partial charge in [-0.3, -0.25) is 4.79 Å². The van der Waals surface area contributed by atoms with Crippen LogP contribution in [0, 0.1) is 6.92 Å². The average molecular weight is 321 g/mol. The van der Waals surface area contributed by atoms with E-state index in [1.54, 1.807) is 0 Å². The molecule has 0 bridgehead atoms. The van der Waals surface area contributed by atoms with Crippen LogP contribution in [-0.4, -0.2) is 52.9 Å². The van der Waals surface area contributed by atoms with E-state index < -0.39 is 15.7 Å². The number of hydrogen-bond acceptors (Lipinski definition) is 7. The molecule has 1 amide bonds.